The van der Waals surface area contributed by atoms with Crippen LogP contribution in [0.5, 0.6) is 5.75 Å². The molecule has 0 aliphatic carbocycles. The standard InChI is InChI=1S/C16H27NO3S/c1-4-17-13-14(8-7-11-21(3,18)19)12-15-9-5-6-10-16(15)20-2/h5-6,9-10,14,17H,4,7-8,11-13H2,1-3H3. The summed E-state index contributed by atoms with van der Waals surface area (Å²) in [4.78, 5) is 0. The second kappa shape index (κ2) is 9.05. The normalized spacial score (nSPS) is 13.1. The van der Waals surface area contributed by atoms with Crippen LogP contribution in [0.1, 0.15) is 25.3 Å². The maximum absolute atomic E-state index is 11.2. The molecular weight excluding hydrogens is 286 g/mol. The zero-order chi connectivity index (χ0) is 15.7. The largest absolute Gasteiger partial charge is 0.496 e. The summed E-state index contributed by atoms with van der Waals surface area (Å²) >= 11 is 0. The maximum atomic E-state index is 11.2. The van der Waals surface area contributed by atoms with Crippen molar-refractivity contribution in [2.75, 3.05) is 32.2 Å². The second-order valence-electron chi connectivity index (χ2n) is 5.46. The Balaban J connectivity index is 2.64. The molecule has 4 nitrogen and oxygen atoms in total. The van der Waals surface area contributed by atoms with Gasteiger partial charge in [-0.25, -0.2) is 8.42 Å². The van der Waals surface area contributed by atoms with Gasteiger partial charge in [-0.1, -0.05) is 25.1 Å². The molecule has 5 heteroatoms. The molecule has 1 aromatic carbocycles. The van der Waals surface area contributed by atoms with Crippen LogP contribution in [-0.2, 0) is 16.3 Å². The van der Waals surface area contributed by atoms with Crippen LogP contribution in [0.15, 0.2) is 24.3 Å². The molecule has 0 bridgehead atoms. The molecule has 21 heavy (non-hydrogen) atoms. The zero-order valence-corrected chi connectivity index (χ0v) is 14.1. The van der Waals surface area contributed by atoms with E-state index in [1.807, 2.05) is 18.2 Å². The third-order valence-corrected chi connectivity index (χ3v) is 4.54. The van der Waals surface area contributed by atoms with E-state index < -0.39 is 9.84 Å². The minimum Gasteiger partial charge on any atom is -0.496 e. The van der Waals surface area contributed by atoms with Crippen LogP contribution >= 0.6 is 0 Å². The molecule has 0 radical (unpaired) electrons. The molecule has 1 atom stereocenters. The van der Waals surface area contributed by atoms with Crippen molar-refractivity contribution in [1.29, 1.82) is 0 Å². The van der Waals surface area contributed by atoms with Gasteiger partial charge in [0.25, 0.3) is 0 Å². The van der Waals surface area contributed by atoms with Gasteiger partial charge in [0.05, 0.1) is 7.11 Å². The van der Waals surface area contributed by atoms with Crippen molar-refractivity contribution in [3.63, 3.8) is 0 Å². The summed E-state index contributed by atoms with van der Waals surface area (Å²) in [6, 6.07) is 8.02. The second-order valence-corrected chi connectivity index (χ2v) is 7.72. The van der Waals surface area contributed by atoms with Gasteiger partial charge >= 0.3 is 0 Å². The van der Waals surface area contributed by atoms with Gasteiger partial charge in [0.15, 0.2) is 0 Å². The monoisotopic (exact) mass is 313 g/mol. The van der Waals surface area contributed by atoms with E-state index in [4.69, 9.17) is 4.74 Å². The molecule has 0 saturated carbocycles. The summed E-state index contributed by atoms with van der Waals surface area (Å²) in [6.45, 7) is 3.91. The van der Waals surface area contributed by atoms with Crippen molar-refractivity contribution >= 4 is 9.84 Å². The Kier molecular flexibility index (Phi) is 7.75. The number of ether oxygens (including phenoxy) is 1. The van der Waals surface area contributed by atoms with E-state index in [0.717, 1.165) is 31.7 Å². The smallest absolute Gasteiger partial charge is 0.147 e. The minimum atomic E-state index is -2.87. The topological polar surface area (TPSA) is 55.4 Å². The highest BCUT2D eigenvalue weighted by Gasteiger charge is 2.13. The summed E-state index contributed by atoms with van der Waals surface area (Å²) in [5.74, 6) is 1.59. The summed E-state index contributed by atoms with van der Waals surface area (Å²) in [7, 11) is -1.19. The fourth-order valence-electron chi connectivity index (χ4n) is 2.44. The molecule has 120 valence electrons. The summed E-state index contributed by atoms with van der Waals surface area (Å²) in [6.07, 6.45) is 3.81. The lowest BCUT2D eigenvalue weighted by atomic mass is 9.94. The summed E-state index contributed by atoms with van der Waals surface area (Å²) < 4.78 is 27.9. The van der Waals surface area contributed by atoms with E-state index in [0.29, 0.717) is 12.3 Å². The number of hydrogen-bond acceptors (Lipinski definition) is 4. The Hall–Kier alpha value is -1.07. The van der Waals surface area contributed by atoms with Crippen molar-refractivity contribution < 1.29 is 13.2 Å². The number of hydrogen-bond donors (Lipinski definition) is 1. The molecule has 0 aliphatic rings. The Bertz CT molecular complexity index is 514. The molecule has 0 aliphatic heterocycles. The van der Waals surface area contributed by atoms with E-state index in [1.54, 1.807) is 7.11 Å². The van der Waals surface area contributed by atoms with Crippen LogP contribution in [0.3, 0.4) is 0 Å². The lowest BCUT2D eigenvalue weighted by Crippen LogP contribution is -2.24. The predicted octanol–water partition coefficient (Wildman–Crippen LogP) is 2.29. The van der Waals surface area contributed by atoms with Crippen molar-refractivity contribution in [3.8, 4) is 5.75 Å². The number of sulfone groups is 1. The van der Waals surface area contributed by atoms with Crippen LogP contribution in [-0.4, -0.2) is 40.6 Å². The van der Waals surface area contributed by atoms with Crippen molar-refractivity contribution in [3.05, 3.63) is 29.8 Å². The first-order valence-corrected chi connectivity index (χ1v) is 9.52. The third kappa shape index (κ3) is 7.48. The summed E-state index contributed by atoms with van der Waals surface area (Å²) in [5.41, 5.74) is 1.18. The lowest BCUT2D eigenvalue weighted by molar-refractivity contribution is 0.395. The molecule has 0 fully saturated rings. The van der Waals surface area contributed by atoms with Crippen molar-refractivity contribution in [1.82, 2.24) is 5.32 Å². The van der Waals surface area contributed by atoms with Crippen molar-refractivity contribution in [2.24, 2.45) is 5.92 Å². The number of rotatable bonds is 10. The highest BCUT2D eigenvalue weighted by Crippen LogP contribution is 2.23. The van der Waals surface area contributed by atoms with Gasteiger partial charge in [-0.05, 0) is 49.9 Å². The van der Waals surface area contributed by atoms with Gasteiger partial charge in [0.2, 0.25) is 0 Å². The molecular formula is C16H27NO3S. The number of benzene rings is 1. The van der Waals surface area contributed by atoms with Gasteiger partial charge < -0.3 is 10.1 Å². The molecule has 0 spiro atoms. The third-order valence-electron chi connectivity index (χ3n) is 3.51. The quantitative estimate of drug-likeness (QED) is 0.720. The molecule has 1 N–H and O–H groups in total. The molecule has 0 amide bonds. The van der Waals surface area contributed by atoms with Crippen LogP contribution in [0.25, 0.3) is 0 Å². The molecule has 0 heterocycles. The van der Waals surface area contributed by atoms with E-state index in [-0.39, 0.29) is 5.75 Å². The summed E-state index contributed by atoms with van der Waals surface area (Å²) in [5, 5.41) is 3.36. The Morgan fingerprint density at radius 3 is 2.62 bits per heavy atom. The first-order chi connectivity index (χ1) is 9.96. The van der Waals surface area contributed by atoms with Crippen molar-refractivity contribution in [2.45, 2.75) is 26.2 Å². The average Bonchev–Trinajstić information content (AvgIpc) is 2.43. The van der Waals surface area contributed by atoms with E-state index in [2.05, 4.69) is 18.3 Å². The molecule has 1 aromatic rings. The Morgan fingerprint density at radius 2 is 2.00 bits per heavy atom. The van der Waals surface area contributed by atoms with E-state index in [1.165, 1.54) is 11.8 Å². The molecule has 0 aromatic heterocycles. The van der Waals surface area contributed by atoms with Gasteiger partial charge in [0.1, 0.15) is 15.6 Å². The minimum absolute atomic E-state index is 0.265. The number of methoxy groups -OCH3 is 1. The fourth-order valence-corrected chi connectivity index (χ4v) is 3.13. The van der Waals surface area contributed by atoms with Crippen LogP contribution in [0.4, 0.5) is 0 Å². The molecule has 0 saturated heterocycles. The SMILES string of the molecule is CCNCC(CCCS(C)(=O)=O)Cc1ccccc1OC. The zero-order valence-electron chi connectivity index (χ0n) is 13.3. The van der Waals surface area contributed by atoms with E-state index in [9.17, 15) is 8.42 Å². The van der Waals surface area contributed by atoms with Gasteiger partial charge in [-0.15, -0.1) is 0 Å². The Morgan fingerprint density at radius 1 is 1.29 bits per heavy atom. The first kappa shape index (κ1) is 18.0. The van der Waals surface area contributed by atoms with Gasteiger partial charge in [0, 0.05) is 12.0 Å². The number of nitrogens with one attached hydrogen (secondary N) is 1. The average molecular weight is 313 g/mol. The lowest BCUT2D eigenvalue weighted by Gasteiger charge is -2.18. The first-order valence-electron chi connectivity index (χ1n) is 7.46. The maximum Gasteiger partial charge on any atom is 0.147 e. The Labute approximate surface area is 128 Å². The number of para-hydroxylation sites is 1. The van der Waals surface area contributed by atoms with Crippen LogP contribution in [0, 0.1) is 5.92 Å². The van der Waals surface area contributed by atoms with E-state index >= 15 is 0 Å². The van der Waals surface area contributed by atoms with Crippen LogP contribution in [0.2, 0.25) is 0 Å². The molecule has 1 unspecified atom stereocenters. The van der Waals surface area contributed by atoms with Gasteiger partial charge in [-0.2, -0.15) is 0 Å². The fraction of sp³-hybridized carbons (Fsp3) is 0.625. The highest BCUT2D eigenvalue weighted by atomic mass is 32.2. The van der Waals surface area contributed by atoms with Gasteiger partial charge in [-0.3, -0.25) is 0 Å². The van der Waals surface area contributed by atoms with Crippen LogP contribution < -0.4 is 10.1 Å². The predicted molar refractivity (Wildman–Crippen MR) is 87.7 cm³/mol. The molecule has 1 rings (SSSR count). The highest BCUT2D eigenvalue weighted by molar-refractivity contribution is 7.90.